The van der Waals surface area contributed by atoms with E-state index in [9.17, 15) is 14.7 Å². The molecule has 0 aliphatic heterocycles. The fraction of sp³-hybridized carbons (Fsp3) is 0.562. The van der Waals surface area contributed by atoms with Crippen molar-refractivity contribution in [1.29, 1.82) is 0 Å². The van der Waals surface area contributed by atoms with E-state index >= 15 is 0 Å². The van der Waals surface area contributed by atoms with E-state index in [1.807, 2.05) is 49.6 Å². The van der Waals surface area contributed by atoms with Gasteiger partial charge in [0.05, 0.1) is 12.0 Å². The molecule has 0 bridgehead atoms. The minimum absolute atomic E-state index is 0. The standard InChI is InChI=1S/C32H46N2O3S.Li/c1-4-5-20-34(26-14-7-6-8-15-26)21-11-13-25-17-18-28(29(23-25)27-16-10-9-12-24(27)2)31(35)33-30(32(36)37)19-22-38-3;/h9-10,12,16-18,23,26,30H,4-8,11,13-15,19-22H2,1-3H3,(H,33,35)(H,36,37);/q;+1/p-1/t30-;/m0./s1. The molecule has 5 nitrogen and oxygen atoms in total. The van der Waals surface area contributed by atoms with Crippen LogP contribution in [0.4, 0.5) is 0 Å². The topological polar surface area (TPSA) is 72.5 Å². The van der Waals surface area contributed by atoms with Crippen molar-refractivity contribution in [3.63, 3.8) is 0 Å². The number of hydrogen-bond acceptors (Lipinski definition) is 5. The monoisotopic (exact) mass is 544 g/mol. The van der Waals surface area contributed by atoms with Gasteiger partial charge in [-0.3, -0.25) is 4.79 Å². The molecule has 208 valence electrons. The van der Waals surface area contributed by atoms with Crippen molar-refractivity contribution in [1.82, 2.24) is 10.2 Å². The van der Waals surface area contributed by atoms with Gasteiger partial charge in [-0.25, -0.2) is 0 Å². The molecular weight excluding hydrogens is 499 g/mol. The van der Waals surface area contributed by atoms with Gasteiger partial charge in [-0.1, -0.05) is 69.0 Å². The van der Waals surface area contributed by atoms with Gasteiger partial charge >= 0.3 is 18.9 Å². The summed E-state index contributed by atoms with van der Waals surface area (Å²) >= 11 is 1.55. The SMILES string of the molecule is CCCCN(CCCc1ccc(C(=O)N[C@@H](CCSC)C(=O)[O-])c(-c2ccccc2C)c1)C1CCCCC1.[Li+]. The Morgan fingerprint density at radius 1 is 1.05 bits per heavy atom. The van der Waals surface area contributed by atoms with Crippen molar-refractivity contribution in [2.75, 3.05) is 25.1 Å². The molecule has 1 aliphatic carbocycles. The van der Waals surface area contributed by atoms with Crippen LogP contribution in [0.2, 0.25) is 0 Å². The van der Waals surface area contributed by atoms with Crippen molar-refractivity contribution in [3.8, 4) is 11.1 Å². The van der Waals surface area contributed by atoms with Crippen molar-refractivity contribution in [3.05, 3.63) is 59.2 Å². The summed E-state index contributed by atoms with van der Waals surface area (Å²) in [7, 11) is 0. The summed E-state index contributed by atoms with van der Waals surface area (Å²) in [5.41, 5.74) is 4.65. The van der Waals surface area contributed by atoms with Crippen molar-refractivity contribution >= 4 is 23.6 Å². The van der Waals surface area contributed by atoms with Crippen LogP contribution in [0.3, 0.4) is 0 Å². The van der Waals surface area contributed by atoms with E-state index in [0.29, 0.717) is 17.7 Å². The predicted molar refractivity (Wildman–Crippen MR) is 158 cm³/mol. The van der Waals surface area contributed by atoms with E-state index in [-0.39, 0.29) is 24.8 Å². The quantitative estimate of drug-likeness (QED) is 0.349. The van der Waals surface area contributed by atoms with Crippen molar-refractivity contribution in [2.24, 2.45) is 0 Å². The molecule has 1 amide bonds. The number of aliphatic carboxylic acids is 1. The largest absolute Gasteiger partial charge is 1.00 e. The number of carboxylic acids is 1. The Bertz CT molecular complexity index is 1040. The van der Waals surface area contributed by atoms with Crippen LogP contribution in [-0.2, 0) is 11.2 Å². The van der Waals surface area contributed by atoms with Crippen LogP contribution in [0.25, 0.3) is 11.1 Å². The minimum atomic E-state index is -1.24. The third-order valence-corrected chi connectivity index (χ3v) is 8.41. The van der Waals surface area contributed by atoms with Crippen LogP contribution in [0.15, 0.2) is 42.5 Å². The number of amides is 1. The number of carbonyl (C=O) groups excluding carboxylic acids is 2. The van der Waals surface area contributed by atoms with Crippen LogP contribution >= 0.6 is 11.8 Å². The number of thioether (sulfide) groups is 1. The Labute approximate surface area is 252 Å². The molecule has 1 saturated carbocycles. The number of hydrogen-bond donors (Lipinski definition) is 1. The molecule has 0 saturated heterocycles. The second-order valence-corrected chi connectivity index (χ2v) is 11.6. The van der Waals surface area contributed by atoms with Crippen molar-refractivity contribution < 1.29 is 33.6 Å². The molecule has 0 radical (unpaired) electrons. The number of carboxylic acid groups (broad SMARTS) is 1. The fourth-order valence-electron chi connectivity index (χ4n) is 5.53. The number of carbonyl (C=O) groups is 2. The Morgan fingerprint density at radius 2 is 1.77 bits per heavy atom. The third kappa shape index (κ3) is 10.3. The van der Waals surface area contributed by atoms with Gasteiger partial charge in [0, 0.05) is 11.6 Å². The van der Waals surface area contributed by atoms with Gasteiger partial charge in [0.1, 0.15) is 0 Å². The van der Waals surface area contributed by atoms with Gasteiger partial charge in [0.15, 0.2) is 0 Å². The molecule has 1 N–H and O–H groups in total. The molecule has 1 atom stereocenters. The zero-order chi connectivity index (χ0) is 27.3. The minimum Gasteiger partial charge on any atom is -0.548 e. The summed E-state index contributed by atoms with van der Waals surface area (Å²) < 4.78 is 0. The molecule has 0 aromatic heterocycles. The number of nitrogens with one attached hydrogen (secondary N) is 1. The molecule has 39 heavy (non-hydrogen) atoms. The van der Waals surface area contributed by atoms with Crippen LogP contribution in [0, 0.1) is 6.92 Å². The Kier molecular flexibility index (Phi) is 15.3. The predicted octanol–water partition coefficient (Wildman–Crippen LogP) is 2.63. The number of benzene rings is 2. The number of nitrogens with zero attached hydrogens (tertiary/aromatic N) is 1. The summed E-state index contributed by atoms with van der Waals surface area (Å²) in [6.45, 7) is 6.60. The average molecular weight is 545 g/mol. The van der Waals surface area contributed by atoms with E-state index in [1.165, 1.54) is 57.1 Å². The molecule has 3 rings (SSSR count). The summed E-state index contributed by atoms with van der Waals surface area (Å²) in [4.78, 5) is 27.7. The van der Waals surface area contributed by atoms with Crippen LogP contribution in [-0.4, -0.2) is 54.0 Å². The third-order valence-electron chi connectivity index (χ3n) is 7.77. The first kappa shape index (κ1) is 33.5. The number of rotatable bonds is 15. The van der Waals surface area contributed by atoms with Gasteiger partial charge in [-0.05, 0) is 98.9 Å². The summed E-state index contributed by atoms with van der Waals surface area (Å²) in [6.07, 6.45) is 13.5. The molecule has 1 fully saturated rings. The zero-order valence-corrected chi connectivity index (χ0v) is 25.3. The number of aryl methyl sites for hydroxylation is 2. The second kappa shape index (κ2) is 17.9. The fourth-order valence-corrected chi connectivity index (χ4v) is 6.01. The van der Waals surface area contributed by atoms with Crippen molar-refractivity contribution in [2.45, 2.75) is 90.1 Å². The van der Waals surface area contributed by atoms with Gasteiger partial charge < -0.3 is 20.1 Å². The van der Waals surface area contributed by atoms with Gasteiger partial charge in [-0.2, -0.15) is 11.8 Å². The zero-order valence-electron chi connectivity index (χ0n) is 24.5. The molecule has 7 heteroatoms. The summed E-state index contributed by atoms with van der Waals surface area (Å²) in [6, 6.07) is 13.8. The number of unbranched alkanes of at least 4 members (excludes halogenated alkanes) is 1. The first-order chi connectivity index (χ1) is 18.4. The second-order valence-electron chi connectivity index (χ2n) is 10.6. The summed E-state index contributed by atoms with van der Waals surface area (Å²) in [5, 5.41) is 14.4. The van der Waals surface area contributed by atoms with Crippen LogP contribution in [0.1, 0.15) is 86.2 Å². The maximum atomic E-state index is 13.3. The Morgan fingerprint density at radius 3 is 2.44 bits per heavy atom. The normalized spacial score (nSPS) is 14.6. The smallest absolute Gasteiger partial charge is 0.548 e. The van der Waals surface area contributed by atoms with Crippen LogP contribution < -0.4 is 29.3 Å². The van der Waals surface area contributed by atoms with Gasteiger partial charge in [0.2, 0.25) is 0 Å². The van der Waals surface area contributed by atoms with E-state index in [4.69, 9.17) is 0 Å². The van der Waals surface area contributed by atoms with E-state index in [1.54, 1.807) is 11.8 Å². The molecular formula is C32H45LiN2O3S. The Balaban J connectivity index is 0.00000533. The van der Waals surface area contributed by atoms with Gasteiger partial charge in [-0.15, -0.1) is 0 Å². The first-order valence-electron chi connectivity index (χ1n) is 14.4. The molecule has 2 aromatic rings. The van der Waals surface area contributed by atoms with E-state index in [2.05, 4.69) is 23.2 Å². The molecule has 0 unspecified atom stereocenters. The molecule has 2 aromatic carbocycles. The van der Waals surface area contributed by atoms with Gasteiger partial charge in [0.25, 0.3) is 5.91 Å². The Hall–Kier alpha value is -1.71. The first-order valence-corrected chi connectivity index (χ1v) is 15.8. The molecule has 0 spiro atoms. The molecule has 0 heterocycles. The maximum Gasteiger partial charge on any atom is 1.00 e. The summed E-state index contributed by atoms with van der Waals surface area (Å²) in [5.74, 6) is -0.973. The van der Waals surface area contributed by atoms with E-state index < -0.39 is 12.0 Å². The van der Waals surface area contributed by atoms with Crippen LogP contribution in [0.5, 0.6) is 0 Å². The average Bonchev–Trinajstić information content (AvgIpc) is 2.93. The van der Waals surface area contributed by atoms with E-state index in [0.717, 1.165) is 42.1 Å². The maximum absolute atomic E-state index is 13.3. The molecule has 1 aliphatic rings.